The molecule has 0 saturated carbocycles. The van der Waals surface area contributed by atoms with E-state index in [0.29, 0.717) is 30.0 Å². The van der Waals surface area contributed by atoms with Gasteiger partial charge in [-0.1, -0.05) is 18.5 Å². The summed E-state index contributed by atoms with van der Waals surface area (Å²) in [7, 11) is 0. The van der Waals surface area contributed by atoms with Gasteiger partial charge in [0.1, 0.15) is 6.04 Å². The Morgan fingerprint density at radius 2 is 1.95 bits per heavy atom. The molecule has 1 saturated heterocycles. The van der Waals surface area contributed by atoms with Gasteiger partial charge in [-0.3, -0.25) is 9.59 Å². The average molecular weight is 324 g/mol. The highest BCUT2D eigenvalue weighted by atomic mass is 35.5. The number of carbonyl (C=O) groups excluding carboxylic acids is 2. The van der Waals surface area contributed by atoms with E-state index in [1.54, 1.807) is 31.2 Å². The number of benzene rings is 1. The predicted octanol–water partition coefficient (Wildman–Crippen LogP) is 2.62. The third-order valence-electron chi connectivity index (χ3n) is 3.90. The zero-order chi connectivity index (χ0) is 16.3. The van der Waals surface area contributed by atoms with Crippen LogP contribution in [0.2, 0.25) is 5.02 Å². The maximum Gasteiger partial charge on any atom is 0.326 e. The predicted molar refractivity (Wildman–Crippen MR) is 81.9 cm³/mol. The monoisotopic (exact) mass is 323 g/mol. The maximum absolute atomic E-state index is 12.4. The van der Waals surface area contributed by atoms with Crippen LogP contribution in [0.25, 0.3) is 0 Å². The molecule has 2 rings (SSSR count). The Balaban J connectivity index is 2.00. The van der Waals surface area contributed by atoms with Crippen LogP contribution in [0.4, 0.5) is 0 Å². The van der Waals surface area contributed by atoms with Crippen molar-refractivity contribution in [2.45, 2.75) is 32.2 Å². The van der Waals surface area contributed by atoms with Crippen molar-refractivity contribution in [2.75, 3.05) is 6.54 Å². The molecule has 6 heteroatoms. The second kappa shape index (κ2) is 6.92. The Hall–Kier alpha value is -1.88. The number of Topliss-reactive ketones (excluding diaryl/α,β-unsaturated/α-hetero) is 1. The molecule has 1 N–H and O–H groups in total. The number of hydrogen-bond donors (Lipinski definition) is 1. The lowest BCUT2D eigenvalue weighted by atomic mass is 9.98. The fourth-order valence-corrected chi connectivity index (χ4v) is 2.82. The number of carboxylic acid groups (broad SMARTS) is 1. The van der Waals surface area contributed by atoms with E-state index in [2.05, 4.69) is 0 Å². The number of halogens is 1. The summed E-state index contributed by atoms with van der Waals surface area (Å²) in [6, 6.07) is 5.74. The molecule has 1 amide bonds. The van der Waals surface area contributed by atoms with E-state index in [4.69, 9.17) is 16.7 Å². The molecule has 1 fully saturated rings. The number of likely N-dealkylation sites (tertiary alicyclic amines) is 1. The average Bonchev–Trinajstić information content (AvgIpc) is 2.96. The molecule has 0 aromatic heterocycles. The van der Waals surface area contributed by atoms with Gasteiger partial charge >= 0.3 is 5.97 Å². The molecule has 1 aromatic carbocycles. The quantitative estimate of drug-likeness (QED) is 0.845. The summed E-state index contributed by atoms with van der Waals surface area (Å²) < 4.78 is 0. The minimum atomic E-state index is -0.984. The molecular formula is C16H18ClNO4. The molecule has 0 aliphatic carbocycles. The standard InChI is InChI=1S/C16H18ClNO4/c1-10(9-14(19)11-4-6-12(17)7-5-11)15(20)18-8-2-3-13(18)16(21)22/h4-7,10,13H,2-3,8-9H2,1H3,(H,21,22)/t10-,13-/m0/s1. The van der Waals surface area contributed by atoms with Crippen molar-refractivity contribution in [3.8, 4) is 0 Å². The summed E-state index contributed by atoms with van der Waals surface area (Å²) in [5.41, 5.74) is 0.500. The summed E-state index contributed by atoms with van der Waals surface area (Å²) in [6.45, 7) is 2.10. The van der Waals surface area contributed by atoms with Crippen molar-refractivity contribution in [2.24, 2.45) is 5.92 Å². The normalized spacial score (nSPS) is 19.0. The van der Waals surface area contributed by atoms with Crippen molar-refractivity contribution in [3.05, 3.63) is 34.9 Å². The smallest absolute Gasteiger partial charge is 0.326 e. The van der Waals surface area contributed by atoms with Crippen LogP contribution in [-0.4, -0.2) is 40.3 Å². The summed E-state index contributed by atoms with van der Waals surface area (Å²) in [5.74, 6) is -1.94. The molecule has 2 atom stereocenters. The summed E-state index contributed by atoms with van der Waals surface area (Å²) >= 11 is 5.78. The van der Waals surface area contributed by atoms with Gasteiger partial charge in [-0.15, -0.1) is 0 Å². The van der Waals surface area contributed by atoms with E-state index >= 15 is 0 Å². The van der Waals surface area contributed by atoms with Crippen molar-refractivity contribution in [1.29, 1.82) is 0 Å². The lowest BCUT2D eigenvalue weighted by Crippen LogP contribution is -2.43. The van der Waals surface area contributed by atoms with Crippen LogP contribution < -0.4 is 0 Å². The Bertz CT molecular complexity index is 584. The fraction of sp³-hybridized carbons (Fsp3) is 0.438. The minimum Gasteiger partial charge on any atom is -0.480 e. The Kier molecular flexibility index (Phi) is 5.19. The molecule has 0 bridgehead atoms. The molecule has 5 nitrogen and oxygen atoms in total. The molecule has 118 valence electrons. The third-order valence-corrected chi connectivity index (χ3v) is 4.15. The highest BCUT2D eigenvalue weighted by molar-refractivity contribution is 6.30. The number of hydrogen-bond acceptors (Lipinski definition) is 3. The second-order valence-corrected chi connectivity index (χ2v) is 6.00. The van der Waals surface area contributed by atoms with Crippen molar-refractivity contribution in [1.82, 2.24) is 4.90 Å². The van der Waals surface area contributed by atoms with Gasteiger partial charge < -0.3 is 10.0 Å². The van der Waals surface area contributed by atoms with Gasteiger partial charge in [0.25, 0.3) is 0 Å². The number of carboxylic acids is 1. The number of nitrogens with zero attached hydrogens (tertiary/aromatic N) is 1. The fourth-order valence-electron chi connectivity index (χ4n) is 2.69. The molecule has 22 heavy (non-hydrogen) atoms. The molecule has 0 radical (unpaired) electrons. The van der Waals surface area contributed by atoms with E-state index in [1.165, 1.54) is 4.90 Å². The van der Waals surface area contributed by atoms with Gasteiger partial charge in [0.05, 0.1) is 0 Å². The second-order valence-electron chi connectivity index (χ2n) is 5.56. The lowest BCUT2D eigenvalue weighted by molar-refractivity contribution is -0.149. The summed E-state index contributed by atoms with van der Waals surface area (Å²) in [4.78, 5) is 37.1. The van der Waals surface area contributed by atoms with Crippen molar-refractivity contribution in [3.63, 3.8) is 0 Å². The zero-order valence-electron chi connectivity index (χ0n) is 12.3. The van der Waals surface area contributed by atoms with E-state index in [0.717, 1.165) is 0 Å². The molecule has 1 heterocycles. The van der Waals surface area contributed by atoms with Crippen LogP contribution in [0, 0.1) is 5.92 Å². The van der Waals surface area contributed by atoms with Crippen molar-refractivity contribution >= 4 is 29.3 Å². The molecule has 1 aliphatic heterocycles. The van der Waals surface area contributed by atoms with Gasteiger partial charge in [0.2, 0.25) is 5.91 Å². The summed E-state index contributed by atoms with van der Waals surface area (Å²) in [5, 5.41) is 9.67. The number of ketones is 1. The highest BCUT2D eigenvalue weighted by Gasteiger charge is 2.36. The van der Waals surface area contributed by atoms with Gasteiger partial charge in [-0.2, -0.15) is 0 Å². The largest absolute Gasteiger partial charge is 0.480 e. The van der Waals surface area contributed by atoms with Crippen LogP contribution in [0.3, 0.4) is 0 Å². The van der Waals surface area contributed by atoms with Gasteiger partial charge in [0.15, 0.2) is 5.78 Å². The first-order chi connectivity index (χ1) is 10.4. The number of amides is 1. The van der Waals surface area contributed by atoms with Crippen LogP contribution >= 0.6 is 11.6 Å². The van der Waals surface area contributed by atoms with Crippen LogP contribution in [0.5, 0.6) is 0 Å². The van der Waals surface area contributed by atoms with E-state index in [1.807, 2.05) is 0 Å². The number of rotatable bonds is 5. The minimum absolute atomic E-state index is 0.0588. The molecule has 1 aliphatic rings. The molecule has 0 spiro atoms. The number of carbonyl (C=O) groups is 3. The first-order valence-electron chi connectivity index (χ1n) is 7.22. The van der Waals surface area contributed by atoms with Crippen LogP contribution in [0.15, 0.2) is 24.3 Å². The van der Waals surface area contributed by atoms with Gasteiger partial charge in [0, 0.05) is 29.5 Å². The SMILES string of the molecule is C[C@@H](CC(=O)c1ccc(Cl)cc1)C(=O)N1CCC[C@H]1C(=O)O. The van der Waals surface area contributed by atoms with E-state index in [-0.39, 0.29) is 18.1 Å². The van der Waals surface area contributed by atoms with E-state index in [9.17, 15) is 14.4 Å². The van der Waals surface area contributed by atoms with Gasteiger partial charge in [-0.05, 0) is 37.1 Å². The highest BCUT2D eigenvalue weighted by Crippen LogP contribution is 2.22. The lowest BCUT2D eigenvalue weighted by Gasteiger charge is -2.24. The van der Waals surface area contributed by atoms with Crippen LogP contribution in [0.1, 0.15) is 36.5 Å². The molecular weight excluding hydrogens is 306 g/mol. The van der Waals surface area contributed by atoms with Crippen LogP contribution in [-0.2, 0) is 9.59 Å². The molecule has 1 aromatic rings. The first-order valence-corrected chi connectivity index (χ1v) is 7.60. The Morgan fingerprint density at radius 1 is 1.32 bits per heavy atom. The zero-order valence-corrected chi connectivity index (χ0v) is 13.0. The van der Waals surface area contributed by atoms with E-state index < -0.39 is 17.9 Å². The first kappa shape index (κ1) is 16.5. The maximum atomic E-state index is 12.4. The Labute approximate surface area is 133 Å². The topological polar surface area (TPSA) is 74.7 Å². The molecule has 0 unspecified atom stereocenters. The third kappa shape index (κ3) is 3.65. The van der Waals surface area contributed by atoms with Gasteiger partial charge in [-0.25, -0.2) is 4.79 Å². The summed E-state index contributed by atoms with van der Waals surface area (Å²) in [6.07, 6.45) is 1.21. The number of aliphatic carboxylic acids is 1. The van der Waals surface area contributed by atoms with Crippen molar-refractivity contribution < 1.29 is 19.5 Å². The Morgan fingerprint density at radius 3 is 2.55 bits per heavy atom.